The zero-order chi connectivity index (χ0) is 9.10. The van der Waals surface area contributed by atoms with Gasteiger partial charge in [0.25, 0.3) is 0 Å². The summed E-state index contributed by atoms with van der Waals surface area (Å²) in [5.74, 6) is 1.18. The van der Waals surface area contributed by atoms with Crippen molar-refractivity contribution in [3.63, 3.8) is 0 Å². The van der Waals surface area contributed by atoms with Crippen LogP contribution in [0.1, 0.15) is 18.1 Å². The molecule has 0 aliphatic carbocycles. The second-order valence-corrected chi connectivity index (χ2v) is 2.88. The first-order chi connectivity index (χ1) is 6.38. The lowest BCUT2D eigenvalue weighted by molar-refractivity contribution is 0.565. The van der Waals surface area contributed by atoms with Crippen molar-refractivity contribution >= 4 is 0 Å². The molecule has 0 fully saturated rings. The Morgan fingerprint density at radius 1 is 1.31 bits per heavy atom. The Morgan fingerprint density at radius 3 is 2.85 bits per heavy atom. The molecule has 0 aromatic carbocycles. The molecule has 65 valence electrons. The number of nitrogens with zero attached hydrogens (tertiary/aromatic N) is 1. The maximum atomic E-state index is 5.02. The van der Waals surface area contributed by atoms with Crippen LogP contribution in [-0.4, -0.2) is 4.98 Å². The van der Waals surface area contributed by atoms with Gasteiger partial charge in [0.1, 0.15) is 0 Å². The van der Waals surface area contributed by atoms with Gasteiger partial charge in [-0.1, -0.05) is 13.0 Å². The molecule has 0 bridgehead atoms. The van der Waals surface area contributed by atoms with Crippen molar-refractivity contribution in [2.24, 2.45) is 0 Å². The molecule has 0 unspecified atom stereocenters. The molecule has 2 aromatic rings. The molecule has 2 heterocycles. The number of aromatic nitrogens is 1. The van der Waals surface area contributed by atoms with E-state index in [2.05, 4.69) is 11.9 Å². The van der Waals surface area contributed by atoms with Gasteiger partial charge in [0, 0.05) is 23.9 Å². The second-order valence-electron chi connectivity index (χ2n) is 2.88. The molecular formula is C11H10NO. The molecule has 2 nitrogen and oxygen atoms in total. The maximum absolute atomic E-state index is 5.02. The third-order valence-electron chi connectivity index (χ3n) is 2.05. The molecule has 2 aromatic heterocycles. The van der Waals surface area contributed by atoms with E-state index in [1.165, 1.54) is 5.92 Å². The van der Waals surface area contributed by atoms with E-state index in [0.29, 0.717) is 0 Å². The quantitative estimate of drug-likeness (QED) is 0.696. The van der Waals surface area contributed by atoms with Crippen LogP contribution in [0.25, 0.3) is 0 Å². The second kappa shape index (κ2) is 3.44. The zero-order valence-electron chi connectivity index (χ0n) is 7.40. The molecule has 0 aliphatic heterocycles. The van der Waals surface area contributed by atoms with Gasteiger partial charge in [-0.3, -0.25) is 4.98 Å². The molecule has 0 aliphatic rings. The zero-order valence-corrected chi connectivity index (χ0v) is 7.40. The summed E-state index contributed by atoms with van der Waals surface area (Å²) in [6.45, 7) is 2.06. The lowest BCUT2D eigenvalue weighted by Gasteiger charge is -2.06. The van der Waals surface area contributed by atoms with Crippen LogP contribution in [0, 0.1) is 5.92 Å². The summed E-state index contributed by atoms with van der Waals surface area (Å²) in [6, 6.07) is 5.91. The van der Waals surface area contributed by atoms with Crippen molar-refractivity contribution in [1.82, 2.24) is 4.98 Å². The average molecular weight is 172 g/mol. The van der Waals surface area contributed by atoms with Crippen LogP contribution in [-0.2, 0) is 0 Å². The highest BCUT2D eigenvalue weighted by atomic mass is 16.3. The Hall–Kier alpha value is -1.57. The summed E-state index contributed by atoms with van der Waals surface area (Å²) in [5.41, 5.74) is 2.23. The van der Waals surface area contributed by atoms with E-state index in [4.69, 9.17) is 4.42 Å². The van der Waals surface area contributed by atoms with Crippen molar-refractivity contribution in [2.75, 3.05) is 0 Å². The van der Waals surface area contributed by atoms with Crippen molar-refractivity contribution < 1.29 is 4.42 Å². The number of pyridine rings is 1. The van der Waals surface area contributed by atoms with Gasteiger partial charge in [0.2, 0.25) is 0 Å². The minimum Gasteiger partial charge on any atom is -0.472 e. The predicted octanol–water partition coefficient (Wildman–Crippen LogP) is 2.67. The highest BCUT2D eigenvalue weighted by Gasteiger charge is 2.09. The highest BCUT2D eigenvalue weighted by molar-refractivity contribution is 5.40. The minimum absolute atomic E-state index is 1.10. The SMILES string of the molecule is C[C](c1cccnc1)c1ccoc1. The fourth-order valence-corrected chi connectivity index (χ4v) is 1.23. The Morgan fingerprint density at radius 2 is 2.23 bits per heavy atom. The van der Waals surface area contributed by atoms with Crippen LogP contribution in [0.3, 0.4) is 0 Å². The topological polar surface area (TPSA) is 26.0 Å². The first kappa shape index (κ1) is 8.05. The molecule has 0 N–H and O–H groups in total. The number of rotatable bonds is 2. The Bertz CT molecular complexity index is 353. The molecule has 0 spiro atoms. The number of hydrogen-bond donors (Lipinski definition) is 0. The largest absolute Gasteiger partial charge is 0.472 e. The fourth-order valence-electron chi connectivity index (χ4n) is 1.23. The van der Waals surface area contributed by atoms with Gasteiger partial charge in [-0.05, 0) is 17.7 Å². The molecule has 0 atom stereocenters. The van der Waals surface area contributed by atoms with E-state index < -0.39 is 0 Å². The monoisotopic (exact) mass is 172 g/mol. The van der Waals surface area contributed by atoms with Gasteiger partial charge in [-0.25, -0.2) is 0 Å². The third-order valence-corrected chi connectivity index (χ3v) is 2.05. The lowest BCUT2D eigenvalue weighted by atomic mass is 9.97. The first-order valence-corrected chi connectivity index (χ1v) is 4.14. The standard InChI is InChI=1S/C11H10NO/c1-9(11-4-6-13-8-11)10-3-2-5-12-7-10/h2-8H,1H3. The van der Waals surface area contributed by atoms with Gasteiger partial charge >= 0.3 is 0 Å². The van der Waals surface area contributed by atoms with Crippen molar-refractivity contribution in [3.05, 3.63) is 60.2 Å². The molecule has 2 rings (SSSR count). The van der Waals surface area contributed by atoms with Crippen LogP contribution in [0.15, 0.2) is 47.5 Å². The average Bonchev–Trinajstić information content (AvgIpc) is 2.71. The number of hydrogen-bond acceptors (Lipinski definition) is 2. The van der Waals surface area contributed by atoms with Gasteiger partial charge in [0.15, 0.2) is 0 Å². The van der Waals surface area contributed by atoms with E-state index in [9.17, 15) is 0 Å². The van der Waals surface area contributed by atoms with Crippen molar-refractivity contribution in [3.8, 4) is 0 Å². The Labute approximate surface area is 77.2 Å². The molecule has 2 heteroatoms. The maximum Gasteiger partial charge on any atom is 0.0943 e. The summed E-state index contributed by atoms with van der Waals surface area (Å²) in [7, 11) is 0. The molecular weight excluding hydrogens is 162 g/mol. The van der Waals surface area contributed by atoms with E-state index in [-0.39, 0.29) is 0 Å². The lowest BCUT2D eigenvalue weighted by Crippen LogP contribution is -1.95. The summed E-state index contributed by atoms with van der Waals surface area (Å²) < 4.78 is 5.02. The van der Waals surface area contributed by atoms with Crippen molar-refractivity contribution in [1.29, 1.82) is 0 Å². The minimum atomic E-state index is 1.10. The van der Waals surface area contributed by atoms with Gasteiger partial charge < -0.3 is 4.42 Å². The fraction of sp³-hybridized carbons (Fsp3) is 0.0909. The predicted molar refractivity (Wildman–Crippen MR) is 50.1 cm³/mol. The van der Waals surface area contributed by atoms with Crippen LogP contribution in [0.2, 0.25) is 0 Å². The summed E-state index contributed by atoms with van der Waals surface area (Å²) in [5, 5.41) is 0. The van der Waals surface area contributed by atoms with E-state index in [1.807, 2.05) is 24.4 Å². The molecule has 0 amide bonds. The molecule has 0 saturated carbocycles. The first-order valence-electron chi connectivity index (χ1n) is 4.14. The van der Waals surface area contributed by atoms with Crippen molar-refractivity contribution in [2.45, 2.75) is 6.92 Å². The third kappa shape index (κ3) is 1.61. The van der Waals surface area contributed by atoms with Gasteiger partial charge in [0.05, 0.1) is 12.5 Å². The Kier molecular flexibility index (Phi) is 2.13. The van der Waals surface area contributed by atoms with E-state index in [0.717, 1.165) is 11.1 Å². The molecule has 13 heavy (non-hydrogen) atoms. The molecule has 1 radical (unpaired) electrons. The van der Waals surface area contributed by atoms with Gasteiger partial charge in [-0.15, -0.1) is 0 Å². The Balaban J connectivity index is 2.29. The van der Waals surface area contributed by atoms with E-state index >= 15 is 0 Å². The smallest absolute Gasteiger partial charge is 0.0943 e. The van der Waals surface area contributed by atoms with E-state index in [1.54, 1.807) is 18.7 Å². The summed E-state index contributed by atoms with van der Waals surface area (Å²) >= 11 is 0. The molecule has 0 saturated heterocycles. The highest BCUT2D eigenvalue weighted by Crippen LogP contribution is 2.21. The normalized spacial score (nSPS) is 10.6. The summed E-state index contributed by atoms with van der Waals surface area (Å²) in [6.07, 6.45) is 7.03. The summed E-state index contributed by atoms with van der Waals surface area (Å²) in [4.78, 5) is 4.06. The van der Waals surface area contributed by atoms with Crippen LogP contribution < -0.4 is 0 Å². The number of furan rings is 1. The van der Waals surface area contributed by atoms with Crippen LogP contribution in [0.5, 0.6) is 0 Å². The van der Waals surface area contributed by atoms with Crippen LogP contribution >= 0.6 is 0 Å². The van der Waals surface area contributed by atoms with Crippen LogP contribution in [0.4, 0.5) is 0 Å². The van der Waals surface area contributed by atoms with Gasteiger partial charge in [-0.2, -0.15) is 0 Å².